The molecule has 0 aromatic heterocycles. The highest BCUT2D eigenvalue weighted by atomic mass is 79.9. The van der Waals surface area contributed by atoms with Crippen LogP contribution in [-0.2, 0) is 6.54 Å². The second-order valence-electron chi connectivity index (χ2n) is 6.73. The molecule has 0 fully saturated rings. The summed E-state index contributed by atoms with van der Waals surface area (Å²) in [5, 5.41) is 3.52. The van der Waals surface area contributed by atoms with E-state index >= 15 is 0 Å². The number of ether oxygens (including phenoxy) is 2. The smallest absolute Gasteiger partial charge is 0.256 e. The predicted octanol–water partition coefficient (Wildman–Crippen LogP) is 4.94. The van der Waals surface area contributed by atoms with E-state index in [0.717, 1.165) is 38.3 Å². The van der Waals surface area contributed by atoms with E-state index < -0.39 is 0 Å². The predicted molar refractivity (Wildman–Crippen MR) is 109 cm³/mol. The third-order valence-electron chi connectivity index (χ3n) is 5.01. The number of rotatable bonds is 4. The van der Waals surface area contributed by atoms with E-state index in [-0.39, 0.29) is 18.9 Å². The average Bonchev–Trinajstić information content (AvgIpc) is 3.28. The molecule has 0 saturated carbocycles. The molecule has 0 bridgehead atoms. The standard InChI is InChI=1S/C22H17BrN2O3/c23-17-7-3-4-8-18(17)24-21-15-5-1-2-6-16(15)22(26)25(21)12-14-9-10-19-20(11-14)28-13-27-19/h1-11,21,24H,12-13H2/t21-/m1/s1. The van der Waals surface area contributed by atoms with Crippen molar-refractivity contribution in [2.75, 3.05) is 12.1 Å². The van der Waals surface area contributed by atoms with E-state index in [0.29, 0.717) is 6.54 Å². The number of carbonyl (C=O) groups is 1. The van der Waals surface area contributed by atoms with Crippen LogP contribution in [0.1, 0.15) is 27.7 Å². The van der Waals surface area contributed by atoms with Crippen LogP contribution in [0, 0.1) is 0 Å². The molecule has 6 heteroatoms. The van der Waals surface area contributed by atoms with Gasteiger partial charge < -0.3 is 19.7 Å². The van der Waals surface area contributed by atoms with Crippen LogP contribution < -0.4 is 14.8 Å². The zero-order chi connectivity index (χ0) is 19.1. The zero-order valence-corrected chi connectivity index (χ0v) is 16.5. The van der Waals surface area contributed by atoms with Crippen molar-refractivity contribution in [3.05, 3.63) is 87.9 Å². The lowest BCUT2D eigenvalue weighted by molar-refractivity contribution is 0.0728. The molecule has 3 aromatic carbocycles. The molecule has 3 aromatic rings. The fourth-order valence-corrected chi connectivity index (χ4v) is 4.05. The number of nitrogens with one attached hydrogen (secondary N) is 1. The van der Waals surface area contributed by atoms with E-state index in [2.05, 4.69) is 21.2 Å². The Kier molecular flexibility index (Phi) is 4.20. The molecule has 140 valence electrons. The van der Waals surface area contributed by atoms with Crippen LogP contribution in [0.25, 0.3) is 0 Å². The normalized spacial score (nSPS) is 17.0. The Balaban J connectivity index is 1.50. The van der Waals surface area contributed by atoms with Crippen molar-refractivity contribution in [1.82, 2.24) is 4.90 Å². The Morgan fingerprint density at radius 1 is 1.00 bits per heavy atom. The van der Waals surface area contributed by atoms with Crippen LogP contribution in [0.2, 0.25) is 0 Å². The quantitative estimate of drug-likeness (QED) is 0.628. The Hall–Kier alpha value is -2.99. The van der Waals surface area contributed by atoms with Crippen molar-refractivity contribution in [3.8, 4) is 11.5 Å². The minimum atomic E-state index is -0.257. The summed E-state index contributed by atoms with van der Waals surface area (Å²) in [6.45, 7) is 0.700. The average molecular weight is 437 g/mol. The third-order valence-corrected chi connectivity index (χ3v) is 5.71. The van der Waals surface area contributed by atoms with Gasteiger partial charge in [0.15, 0.2) is 11.5 Å². The van der Waals surface area contributed by atoms with Gasteiger partial charge in [-0.25, -0.2) is 0 Å². The molecule has 1 amide bonds. The van der Waals surface area contributed by atoms with Crippen LogP contribution in [0.3, 0.4) is 0 Å². The summed E-state index contributed by atoms with van der Waals surface area (Å²) in [5.41, 5.74) is 3.63. The number of para-hydroxylation sites is 1. The first-order valence-corrected chi connectivity index (χ1v) is 9.79. The van der Waals surface area contributed by atoms with Crippen molar-refractivity contribution in [2.24, 2.45) is 0 Å². The van der Waals surface area contributed by atoms with Gasteiger partial charge in [0.25, 0.3) is 5.91 Å². The van der Waals surface area contributed by atoms with E-state index in [4.69, 9.17) is 9.47 Å². The van der Waals surface area contributed by atoms with E-state index in [1.165, 1.54) is 0 Å². The Bertz CT molecular complexity index is 1070. The Morgan fingerprint density at radius 3 is 2.68 bits per heavy atom. The van der Waals surface area contributed by atoms with Gasteiger partial charge in [0.2, 0.25) is 6.79 Å². The van der Waals surface area contributed by atoms with E-state index in [1.54, 1.807) is 0 Å². The fourth-order valence-electron chi connectivity index (χ4n) is 3.65. The summed E-state index contributed by atoms with van der Waals surface area (Å²) in [6, 6.07) is 21.5. The number of amides is 1. The lowest BCUT2D eigenvalue weighted by Gasteiger charge is -2.27. The summed E-state index contributed by atoms with van der Waals surface area (Å²) in [5.74, 6) is 1.47. The molecule has 28 heavy (non-hydrogen) atoms. The van der Waals surface area contributed by atoms with Gasteiger partial charge in [0.05, 0.1) is 5.69 Å². The number of halogens is 1. The molecule has 0 spiro atoms. The van der Waals surface area contributed by atoms with Gasteiger partial charge in [-0.1, -0.05) is 36.4 Å². The molecule has 2 aliphatic rings. The topological polar surface area (TPSA) is 50.8 Å². The van der Waals surface area contributed by atoms with Crippen molar-refractivity contribution >= 4 is 27.5 Å². The molecular weight excluding hydrogens is 420 g/mol. The van der Waals surface area contributed by atoms with Gasteiger partial charge in [-0.3, -0.25) is 4.79 Å². The maximum Gasteiger partial charge on any atom is 0.256 e. The molecule has 0 saturated heterocycles. The first-order valence-electron chi connectivity index (χ1n) is 9.00. The number of anilines is 1. The SMILES string of the molecule is O=C1c2ccccc2[C@H](Nc2ccccc2Br)N1Cc1ccc2c(c1)OCO2. The molecule has 0 unspecified atom stereocenters. The van der Waals surface area contributed by atoms with Gasteiger partial charge >= 0.3 is 0 Å². The Morgan fingerprint density at radius 2 is 1.79 bits per heavy atom. The minimum absolute atomic E-state index is 0.0119. The lowest BCUT2D eigenvalue weighted by atomic mass is 10.1. The van der Waals surface area contributed by atoms with Gasteiger partial charge in [0.1, 0.15) is 6.17 Å². The number of carbonyl (C=O) groups excluding carboxylic acids is 1. The lowest BCUT2D eigenvalue weighted by Crippen LogP contribution is -2.32. The van der Waals surface area contributed by atoms with Crippen molar-refractivity contribution < 1.29 is 14.3 Å². The second-order valence-corrected chi connectivity index (χ2v) is 7.59. The van der Waals surface area contributed by atoms with Crippen molar-refractivity contribution in [3.63, 3.8) is 0 Å². The summed E-state index contributed by atoms with van der Waals surface area (Å²) < 4.78 is 11.8. The zero-order valence-electron chi connectivity index (χ0n) is 14.9. The highest BCUT2D eigenvalue weighted by Gasteiger charge is 2.36. The second kappa shape index (κ2) is 6.87. The molecule has 1 N–H and O–H groups in total. The van der Waals surface area contributed by atoms with Crippen LogP contribution in [0.5, 0.6) is 11.5 Å². The number of hydrogen-bond acceptors (Lipinski definition) is 4. The summed E-state index contributed by atoms with van der Waals surface area (Å²) >= 11 is 3.58. The number of nitrogens with zero attached hydrogens (tertiary/aromatic N) is 1. The van der Waals surface area contributed by atoms with Gasteiger partial charge in [-0.05, 0) is 51.8 Å². The molecule has 5 nitrogen and oxygen atoms in total. The molecule has 2 heterocycles. The fraction of sp³-hybridized carbons (Fsp3) is 0.136. The Labute approximate surface area is 171 Å². The first kappa shape index (κ1) is 17.1. The van der Waals surface area contributed by atoms with Crippen molar-refractivity contribution in [2.45, 2.75) is 12.7 Å². The van der Waals surface area contributed by atoms with Gasteiger partial charge in [0, 0.05) is 22.1 Å². The number of hydrogen-bond donors (Lipinski definition) is 1. The monoisotopic (exact) mass is 436 g/mol. The highest BCUT2D eigenvalue weighted by molar-refractivity contribution is 9.10. The van der Waals surface area contributed by atoms with Crippen LogP contribution in [0.4, 0.5) is 5.69 Å². The number of benzene rings is 3. The largest absolute Gasteiger partial charge is 0.454 e. The number of fused-ring (bicyclic) bond motifs is 2. The molecular formula is C22H17BrN2O3. The maximum absolute atomic E-state index is 13.1. The molecule has 5 rings (SSSR count). The van der Waals surface area contributed by atoms with E-state index in [1.807, 2.05) is 71.6 Å². The first-order chi connectivity index (χ1) is 13.7. The third kappa shape index (κ3) is 2.90. The van der Waals surface area contributed by atoms with Gasteiger partial charge in [-0.2, -0.15) is 0 Å². The van der Waals surface area contributed by atoms with Crippen LogP contribution in [-0.4, -0.2) is 17.6 Å². The summed E-state index contributed by atoms with van der Waals surface area (Å²) in [6.07, 6.45) is -0.257. The minimum Gasteiger partial charge on any atom is -0.454 e. The molecule has 1 atom stereocenters. The van der Waals surface area contributed by atoms with Gasteiger partial charge in [-0.15, -0.1) is 0 Å². The maximum atomic E-state index is 13.1. The molecule has 0 aliphatic carbocycles. The van der Waals surface area contributed by atoms with E-state index in [9.17, 15) is 4.79 Å². The summed E-state index contributed by atoms with van der Waals surface area (Å²) in [4.78, 5) is 15.0. The van der Waals surface area contributed by atoms with Crippen molar-refractivity contribution in [1.29, 1.82) is 0 Å². The van der Waals surface area contributed by atoms with Crippen LogP contribution >= 0.6 is 15.9 Å². The molecule has 0 radical (unpaired) electrons. The highest BCUT2D eigenvalue weighted by Crippen LogP contribution is 2.38. The van der Waals surface area contributed by atoms with Crippen LogP contribution in [0.15, 0.2) is 71.2 Å². The summed E-state index contributed by atoms with van der Waals surface area (Å²) in [7, 11) is 0. The molecule has 2 aliphatic heterocycles.